The van der Waals surface area contributed by atoms with E-state index in [9.17, 15) is 4.79 Å². The Hall–Kier alpha value is -4.01. The van der Waals surface area contributed by atoms with E-state index >= 15 is 0 Å². The topological polar surface area (TPSA) is 87.4 Å². The fraction of sp³-hybridized carbons (Fsp3) is 0.292. The van der Waals surface area contributed by atoms with Gasteiger partial charge in [-0.05, 0) is 48.7 Å². The summed E-state index contributed by atoms with van der Waals surface area (Å²) in [6.45, 7) is 2.76. The lowest BCUT2D eigenvalue weighted by atomic mass is 9.99. The van der Waals surface area contributed by atoms with E-state index < -0.39 is 6.09 Å². The molecule has 0 aliphatic carbocycles. The van der Waals surface area contributed by atoms with E-state index in [4.69, 9.17) is 19.0 Å². The van der Waals surface area contributed by atoms with Crippen LogP contribution in [0, 0.1) is 6.92 Å². The summed E-state index contributed by atoms with van der Waals surface area (Å²) in [6.07, 6.45) is 1.61. The number of nitrogens with zero attached hydrogens (tertiary/aromatic N) is 4. The first-order valence-corrected chi connectivity index (χ1v) is 10.5. The summed E-state index contributed by atoms with van der Waals surface area (Å²) in [5.74, 6) is 2.48. The zero-order chi connectivity index (χ0) is 23.4. The van der Waals surface area contributed by atoms with Gasteiger partial charge >= 0.3 is 6.09 Å². The molecule has 1 aromatic heterocycles. The maximum atomic E-state index is 12.6. The van der Waals surface area contributed by atoms with E-state index in [2.05, 4.69) is 10.3 Å². The average molecular weight is 450 g/mol. The third kappa shape index (κ3) is 4.77. The number of amides is 1. The second-order valence-corrected chi connectivity index (χ2v) is 7.58. The molecule has 1 aliphatic heterocycles. The molecule has 0 bridgehead atoms. The Morgan fingerprint density at radius 2 is 1.79 bits per heavy atom. The summed E-state index contributed by atoms with van der Waals surface area (Å²) < 4.78 is 18.3. The van der Waals surface area contributed by atoms with E-state index in [0.29, 0.717) is 53.9 Å². The summed E-state index contributed by atoms with van der Waals surface area (Å²) in [4.78, 5) is 19.4. The molecule has 9 nitrogen and oxygen atoms in total. The number of aryl methyl sites for hydroxylation is 2. The third-order valence-corrected chi connectivity index (χ3v) is 5.46. The summed E-state index contributed by atoms with van der Waals surface area (Å²) in [5, 5.41) is 8.29. The minimum absolute atomic E-state index is 0.401. The van der Waals surface area contributed by atoms with E-state index in [1.54, 1.807) is 30.8 Å². The summed E-state index contributed by atoms with van der Waals surface area (Å²) in [5.41, 5.74) is 3.45. The number of para-hydroxylation sites is 1. The first-order valence-electron chi connectivity index (χ1n) is 10.5. The Morgan fingerprint density at radius 1 is 1.09 bits per heavy atom. The van der Waals surface area contributed by atoms with E-state index in [0.717, 1.165) is 11.1 Å². The molecule has 0 atom stereocenters. The number of rotatable bonds is 6. The zero-order valence-electron chi connectivity index (χ0n) is 19.1. The summed E-state index contributed by atoms with van der Waals surface area (Å²) in [6, 6.07) is 13.2. The van der Waals surface area contributed by atoms with Crippen molar-refractivity contribution in [3.05, 3.63) is 64.8 Å². The highest BCUT2D eigenvalue weighted by Crippen LogP contribution is 2.33. The van der Waals surface area contributed by atoms with Crippen molar-refractivity contribution in [1.29, 1.82) is 0 Å². The van der Waals surface area contributed by atoms with Gasteiger partial charge in [0.05, 0.1) is 31.7 Å². The van der Waals surface area contributed by atoms with Gasteiger partial charge in [-0.2, -0.15) is 5.10 Å². The number of carbonyl (C=O) groups is 1. The van der Waals surface area contributed by atoms with Crippen LogP contribution < -0.4 is 14.2 Å². The second kappa shape index (κ2) is 9.64. The predicted octanol–water partition coefficient (Wildman–Crippen LogP) is 4.07. The van der Waals surface area contributed by atoms with Crippen molar-refractivity contribution >= 4 is 12.3 Å². The molecule has 0 saturated carbocycles. The fourth-order valence-electron chi connectivity index (χ4n) is 3.74. The SMILES string of the molecule is COc1cc2c(cc1OC)CN(C(=O)O/N=C/c1c(C)nn(C)c1Oc1ccccc1)CC2. The van der Waals surface area contributed by atoms with Crippen LogP contribution in [0.4, 0.5) is 4.79 Å². The van der Waals surface area contributed by atoms with Crippen LogP contribution in [0.25, 0.3) is 0 Å². The van der Waals surface area contributed by atoms with Crippen molar-refractivity contribution in [1.82, 2.24) is 14.7 Å². The second-order valence-electron chi connectivity index (χ2n) is 7.58. The van der Waals surface area contributed by atoms with E-state index in [1.165, 1.54) is 6.21 Å². The van der Waals surface area contributed by atoms with Crippen molar-refractivity contribution in [3.63, 3.8) is 0 Å². The molecule has 4 rings (SSSR count). The Labute approximate surface area is 192 Å². The van der Waals surface area contributed by atoms with Crippen LogP contribution in [0.2, 0.25) is 0 Å². The predicted molar refractivity (Wildman–Crippen MR) is 122 cm³/mol. The lowest BCUT2D eigenvalue weighted by Crippen LogP contribution is -2.35. The largest absolute Gasteiger partial charge is 0.493 e. The molecule has 33 heavy (non-hydrogen) atoms. The first-order chi connectivity index (χ1) is 16.0. The molecule has 0 radical (unpaired) electrons. The van der Waals surface area contributed by atoms with Gasteiger partial charge in [-0.1, -0.05) is 23.4 Å². The normalized spacial score (nSPS) is 13.0. The Morgan fingerprint density at radius 3 is 2.48 bits per heavy atom. The third-order valence-electron chi connectivity index (χ3n) is 5.46. The first kappa shape index (κ1) is 22.2. The van der Waals surface area contributed by atoms with Gasteiger partial charge in [-0.15, -0.1) is 0 Å². The van der Waals surface area contributed by atoms with Crippen LogP contribution in [-0.2, 0) is 24.9 Å². The molecule has 0 spiro atoms. The number of fused-ring (bicyclic) bond motifs is 1. The highest BCUT2D eigenvalue weighted by Gasteiger charge is 2.24. The van der Waals surface area contributed by atoms with Gasteiger partial charge in [0, 0.05) is 20.1 Å². The van der Waals surface area contributed by atoms with Gasteiger partial charge < -0.3 is 19.1 Å². The number of oxime groups is 1. The molecule has 1 aliphatic rings. The Kier molecular flexibility index (Phi) is 6.48. The van der Waals surface area contributed by atoms with Crippen LogP contribution in [0.5, 0.6) is 23.1 Å². The van der Waals surface area contributed by atoms with Gasteiger partial charge in [0.2, 0.25) is 5.88 Å². The molecular formula is C24H26N4O5. The van der Waals surface area contributed by atoms with Gasteiger partial charge in [-0.3, -0.25) is 4.84 Å². The standard InChI is InChI=1S/C24H26N4O5/c1-16-20(23(27(2)26-16)32-19-8-6-5-7-9-19)14-25-33-24(29)28-11-10-17-12-21(30-3)22(31-4)13-18(17)15-28/h5-9,12-14H,10-11,15H2,1-4H3/b25-14+. The Bertz CT molecular complexity index is 1170. The Balaban J connectivity index is 1.44. The number of carbonyl (C=O) groups excluding carboxylic acids is 1. The van der Waals surface area contributed by atoms with Gasteiger partial charge in [0.1, 0.15) is 5.75 Å². The fourth-order valence-corrected chi connectivity index (χ4v) is 3.74. The van der Waals surface area contributed by atoms with Crippen molar-refractivity contribution in [2.45, 2.75) is 19.9 Å². The van der Waals surface area contributed by atoms with Gasteiger partial charge in [0.25, 0.3) is 0 Å². The van der Waals surface area contributed by atoms with Crippen LogP contribution in [0.15, 0.2) is 47.6 Å². The molecule has 0 fully saturated rings. The lowest BCUT2D eigenvalue weighted by Gasteiger charge is -2.27. The highest BCUT2D eigenvalue weighted by atomic mass is 16.7. The molecule has 2 heterocycles. The molecule has 172 valence electrons. The molecule has 2 aromatic carbocycles. The van der Waals surface area contributed by atoms with Crippen LogP contribution in [0.3, 0.4) is 0 Å². The summed E-state index contributed by atoms with van der Waals surface area (Å²) >= 11 is 0. The van der Waals surface area contributed by atoms with Gasteiger partial charge in [0.15, 0.2) is 11.5 Å². The summed E-state index contributed by atoms with van der Waals surface area (Å²) in [7, 11) is 4.97. The molecular weight excluding hydrogens is 424 g/mol. The van der Waals surface area contributed by atoms with Crippen LogP contribution >= 0.6 is 0 Å². The van der Waals surface area contributed by atoms with E-state index in [1.807, 2.05) is 49.4 Å². The number of methoxy groups -OCH3 is 2. The van der Waals surface area contributed by atoms with Gasteiger partial charge in [-0.25, -0.2) is 9.48 Å². The zero-order valence-corrected chi connectivity index (χ0v) is 19.1. The average Bonchev–Trinajstić information content (AvgIpc) is 3.10. The highest BCUT2D eigenvalue weighted by molar-refractivity contribution is 5.84. The molecule has 0 unspecified atom stereocenters. The smallest absolute Gasteiger partial charge is 0.436 e. The number of ether oxygens (including phenoxy) is 3. The van der Waals surface area contributed by atoms with Crippen LogP contribution in [-0.4, -0.2) is 47.8 Å². The minimum Gasteiger partial charge on any atom is -0.493 e. The van der Waals surface area contributed by atoms with Crippen LogP contribution in [0.1, 0.15) is 22.4 Å². The van der Waals surface area contributed by atoms with E-state index in [-0.39, 0.29) is 0 Å². The minimum atomic E-state index is -0.529. The number of benzene rings is 2. The maximum absolute atomic E-state index is 12.6. The quantitative estimate of drug-likeness (QED) is 0.320. The number of hydrogen-bond donors (Lipinski definition) is 0. The molecule has 0 saturated heterocycles. The van der Waals surface area contributed by atoms with Crippen molar-refractivity contribution < 1.29 is 23.8 Å². The maximum Gasteiger partial charge on any atom is 0.436 e. The lowest BCUT2D eigenvalue weighted by molar-refractivity contribution is 0.101. The van der Waals surface area contributed by atoms with Crippen molar-refractivity contribution in [2.24, 2.45) is 12.2 Å². The molecule has 3 aromatic rings. The molecule has 9 heteroatoms. The number of hydrogen-bond acceptors (Lipinski definition) is 7. The van der Waals surface area contributed by atoms with Crippen molar-refractivity contribution in [2.75, 3.05) is 20.8 Å². The monoisotopic (exact) mass is 450 g/mol. The molecule has 0 N–H and O–H groups in total. The van der Waals surface area contributed by atoms with Crippen molar-refractivity contribution in [3.8, 4) is 23.1 Å². The molecule has 1 amide bonds. The number of aromatic nitrogens is 2.